The first-order valence-corrected chi connectivity index (χ1v) is 11.4. The number of benzene rings is 1. The number of hydrogen-bond acceptors (Lipinski definition) is 6. The van der Waals surface area contributed by atoms with E-state index in [0.29, 0.717) is 25.3 Å². The molecule has 1 fully saturated rings. The largest absolute Gasteiger partial charge is 0.379 e. The van der Waals surface area contributed by atoms with Crippen molar-refractivity contribution in [3.63, 3.8) is 0 Å². The standard InChI is InChI=1S/C19H25N3O4S2/c1-21(2)28(24,25)16-6-3-5-15(13-16)19(23)20-14-17(18-7-4-12-27-18)22-8-10-26-11-9-22/h3-7,12-13,17H,8-11,14H2,1-2H3,(H,20,23)/t17-/m0/s1. The van der Waals surface area contributed by atoms with Crippen LogP contribution in [0.25, 0.3) is 0 Å². The van der Waals surface area contributed by atoms with Crippen LogP contribution in [0.5, 0.6) is 0 Å². The highest BCUT2D eigenvalue weighted by molar-refractivity contribution is 7.89. The molecule has 0 unspecified atom stereocenters. The topological polar surface area (TPSA) is 79.0 Å². The second-order valence-corrected chi connectivity index (χ2v) is 9.84. The summed E-state index contributed by atoms with van der Waals surface area (Å²) in [7, 11) is -0.647. The fourth-order valence-electron chi connectivity index (χ4n) is 3.08. The van der Waals surface area contributed by atoms with Crippen LogP contribution >= 0.6 is 11.3 Å². The molecule has 2 heterocycles. The number of nitrogens with zero attached hydrogens (tertiary/aromatic N) is 2. The number of thiophene rings is 1. The Morgan fingerprint density at radius 1 is 1.25 bits per heavy atom. The minimum absolute atomic E-state index is 0.0709. The van der Waals surface area contributed by atoms with Crippen molar-refractivity contribution < 1.29 is 17.9 Å². The maximum absolute atomic E-state index is 12.7. The number of ether oxygens (including phenoxy) is 1. The Balaban J connectivity index is 1.73. The molecule has 0 spiro atoms. The van der Waals surface area contributed by atoms with E-state index >= 15 is 0 Å². The van der Waals surface area contributed by atoms with Crippen molar-refractivity contribution in [3.8, 4) is 0 Å². The van der Waals surface area contributed by atoms with Crippen LogP contribution < -0.4 is 5.32 Å². The van der Waals surface area contributed by atoms with Gasteiger partial charge >= 0.3 is 0 Å². The number of amides is 1. The molecule has 7 nitrogen and oxygen atoms in total. The van der Waals surface area contributed by atoms with E-state index in [1.54, 1.807) is 23.5 Å². The number of nitrogens with one attached hydrogen (secondary N) is 1. The van der Waals surface area contributed by atoms with Crippen molar-refractivity contribution in [2.24, 2.45) is 0 Å². The van der Waals surface area contributed by atoms with Crippen molar-refractivity contribution >= 4 is 27.3 Å². The Morgan fingerprint density at radius 3 is 2.64 bits per heavy atom. The van der Waals surface area contributed by atoms with Crippen LogP contribution in [0.3, 0.4) is 0 Å². The lowest BCUT2D eigenvalue weighted by atomic mass is 10.1. The first-order valence-electron chi connectivity index (χ1n) is 9.05. The van der Waals surface area contributed by atoms with Crippen LogP contribution in [-0.4, -0.2) is 70.5 Å². The van der Waals surface area contributed by atoms with Crippen molar-refractivity contribution in [3.05, 3.63) is 52.2 Å². The molecule has 2 aromatic rings. The van der Waals surface area contributed by atoms with E-state index in [-0.39, 0.29) is 16.8 Å². The predicted molar refractivity (Wildman–Crippen MR) is 109 cm³/mol. The average Bonchev–Trinajstić information content (AvgIpc) is 3.23. The van der Waals surface area contributed by atoms with Gasteiger partial charge in [-0.15, -0.1) is 11.3 Å². The summed E-state index contributed by atoms with van der Waals surface area (Å²) < 4.78 is 31.2. The van der Waals surface area contributed by atoms with Gasteiger partial charge in [-0.25, -0.2) is 12.7 Å². The number of carbonyl (C=O) groups excluding carboxylic acids is 1. The highest BCUT2D eigenvalue weighted by Crippen LogP contribution is 2.25. The van der Waals surface area contributed by atoms with Crippen LogP contribution in [0.4, 0.5) is 0 Å². The van der Waals surface area contributed by atoms with Crippen LogP contribution in [0.2, 0.25) is 0 Å². The van der Waals surface area contributed by atoms with Crippen LogP contribution in [-0.2, 0) is 14.8 Å². The Hall–Kier alpha value is -1.78. The molecule has 0 bridgehead atoms. The zero-order valence-corrected chi connectivity index (χ0v) is 17.6. The Kier molecular flexibility index (Phi) is 6.84. The normalized spacial score (nSPS) is 16.8. The van der Waals surface area contributed by atoms with Gasteiger partial charge in [-0.3, -0.25) is 9.69 Å². The monoisotopic (exact) mass is 423 g/mol. The summed E-state index contributed by atoms with van der Waals surface area (Å²) in [5, 5.41) is 5.00. The van der Waals surface area contributed by atoms with Gasteiger partial charge in [0.2, 0.25) is 10.0 Å². The molecule has 1 saturated heterocycles. The molecule has 1 atom stereocenters. The maximum atomic E-state index is 12.7. The predicted octanol–water partition coefficient (Wildman–Crippen LogP) is 1.80. The molecule has 0 saturated carbocycles. The summed E-state index contributed by atoms with van der Waals surface area (Å²) in [5.41, 5.74) is 0.329. The van der Waals surface area contributed by atoms with Crippen LogP contribution in [0.15, 0.2) is 46.7 Å². The van der Waals surface area contributed by atoms with Gasteiger partial charge in [0.05, 0.1) is 24.2 Å². The van der Waals surface area contributed by atoms with Gasteiger partial charge in [-0.05, 0) is 29.6 Å². The molecule has 0 radical (unpaired) electrons. The molecular weight excluding hydrogens is 398 g/mol. The molecule has 0 aliphatic carbocycles. The van der Waals surface area contributed by atoms with E-state index in [0.717, 1.165) is 17.4 Å². The van der Waals surface area contributed by atoms with Gasteiger partial charge in [-0.1, -0.05) is 12.1 Å². The Morgan fingerprint density at radius 2 is 2.00 bits per heavy atom. The van der Waals surface area contributed by atoms with Crippen LogP contribution in [0.1, 0.15) is 21.3 Å². The molecule has 28 heavy (non-hydrogen) atoms. The van der Waals surface area contributed by atoms with Gasteiger partial charge in [0.25, 0.3) is 5.91 Å². The van der Waals surface area contributed by atoms with E-state index in [4.69, 9.17) is 4.74 Å². The first-order chi connectivity index (χ1) is 13.4. The molecule has 1 amide bonds. The molecule has 9 heteroatoms. The summed E-state index contributed by atoms with van der Waals surface area (Å²) >= 11 is 1.66. The van der Waals surface area contributed by atoms with E-state index < -0.39 is 10.0 Å². The minimum Gasteiger partial charge on any atom is -0.379 e. The average molecular weight is 424 g/mol. The molecular formula is C19H25N3O4S2. The minimum atomic E-state index is -3.58. The SMILES string of the molecule is CN(C)S(=O)(=O)c1cccc(C(=O)NC[C@@H](c2cccs2)N2CCOCC2)c1. The zero-order chi connectivity index (χ0) is 20.1. The molecule has 152 valence electrons. The van der Waals surface area contributed by atoms with Crippen molar-refractivity contribution in [1.82, 2.24) is 14.5 Å². The number of sulfonamides is 1. The maximum Gasteiger partial charge on any atom is 0.251 e. The third-order valence-corrected chi connectivity index (χ3v) is 7.47. The van der Waals surface area contributed by atoms with Gasteiger partial charge in [0.1, 0.15) is 0 Å². The fourth-order valence-corrected chi connectivity index (χ4v) is 4.89. The number of carbonyl (C=O) groups is 1. The summed E-state index contributed by atoms with van der Waals surface area (Å²) in [5.74, 6) is -0.286. The van der Waals surface area contributed by atoms with Crippen LogP contribution in [0, 0.1) is 0 Å². The number of hydrogen-bond donors (Lipinski definition) is 1. The second kappa shape index (κ2) is 9.15. The number of rotatable bonds is 7. The van der Waals surface area contributed by atoms with Gasteiger partial charge in [0.15, 0.2) is 0 Å². The number of morpholine rings is 1. The van der Waals surface area contributed by atoms with E-state index in [2.05, 4.69) is 16.3 Å². The molecule has 1 N–H and O–H groups in total. The Labute approximate surface area is 170 Å². The molecule has 3 rings (SSSR count). The quantitative estimate of drug-likeness (QED) is 0.735. The van der Waals surface area contributed by atoms with Crippen molar-refractivity contribution in [2.45, 2.75) is 10.9 Å². The third kappa shape index (κ3) is 4.79. The summed E-state index contributed by atoms with van der Waals surface area (Å²) in [4.78, 5) is 16.3. The van der Waals surface area contributed by atoms with E-state index in [1.165, 1.54) is 31.1 Å². The lowest BCUT2D eigenvalue weighted by Gasteiger charge is -2.34. The first kappa shape index (κ1) is 20.9. The smallest absolute Gasteiger partial charge is 0.251 e. The fraction of sp³-hybridized carbons (Fsp3) is 0.421. The lowest BCUT2D eigenvalue weighted by molar-refractivity contribution is 0.0169. The summed E-state index contributed by atoms with van der Waals surface area (Å²) in [6.07, 6.45) is 0. The molecule has 1 aliphatic rings. The zero-order valence-electron chi connectivity index (χ0n) is 16.0. The molecule has 1 aromatic carbocycles. The lowest BCUT2D eigenvalue weighted by Crippen LogP contribution is -2.43. The van der Waals surface area contributed by atoms with E-state index in [9.17, 15) is 13.2 Å². The van der Waals surface area contributed by atoms with Gasteiger partial charge in [0, 0.05) is 44.2 Å². The highest BCUT2D eigenvalue weighted by atomic mass is 32.2. The summed E-state index contributed by atoms with van der Waals surface area (Å²) in [6, 6.07) is 10.3. The van der Waals surface area contributed by atoms with Gasteiger partial charge in [-0.2, -0.15) is 0 Å². The summed E-state index contributed by atoms with van der Waals surface area (Å²) in [6.45, 7) is 3.44. The van der Waals surface area contributed by atoms with Gasteiger partial charge < -0.3 is 10.1 Å². The third-order valence-electron chi connectivity index (χ3n) is 4.69. The highest BCUT2D eigenvalue weighted by Gasteiger charge is 2.24. The van der Waals surface area contributed by atoms with Crippen molar-refractivity contribution in [2.75, 3.05) is 46.9 Å². The van der Waals surface area contributed by atoms with Crippen molar-refractivity contribution in [1.29, 1.82) is 0 Å². The van der Waals surface area contributed by atoms with E-state index in [1.807, 2.05) is 11.4 Å². The Bertz CT molecular complexity index is 892. The second-order valence-electron chi connectivity index (χ2n) is 6.70. The molecule has 1 aromatic heterocycles. The molecule has 1 aliphatic heterocycles.